The van der Waals surface area contributed by atoms with Crippen LogP contribution in [0.25, 0.3) is 33.3 Å². The molecule has 0 bridgehead atoms. The Kier molecular flexibility index (Phi) is 8.00. The summed E-state index contributed by atoms with van der Waals surface area (Å²) in [5.41, 5.74) is 8.97. The molecule has 1 amide bonds. The van der Waals surface area contributed by atoms with Crippen molar-refractivity contribution in [2.75, 3.05) is 57.4 Å². The van der Waals surface area contributed by atoms with Crippen molar-refractivity contribution in [2.45, 2.75) is 20.8 Å². The largest absolute Gasteiger partial charge is 0.379 e. The zero-order valence-corrected chi connectivity index (χ0v) is 22.5. The van der Waals surface area contributed by atoms with Gasteiger partial charge in [0, 0.05) is 84.6 Å². The number of aryl methyl sites for hydroxylation is 3. The van der Waals surface area contributed by atoms with E-state index >= 15 is 0 Å². The van der Waals surface area contributed by atoms with Gasteiger partial charge in [-0.05, 0) is 62.2 Å². The van der Waals surface area contributed by atoms with Gasteiger partial charge in [0.1, 0.15) is 5.82 Å². The van der Waals surface area contributed by atoms with E-state index < -0.39 is 0 Å². The summed E-state index contributed by atoms with van der Waals surface area (Å²) in [7, 11) is 0. The maximum atomic E-state index is 10.9. The van der Waals surface area contributed by atoms with Gasteiger partial charge in [0.2, 0.25) is 6.41 Å². The summed E-state index contributed by atoms with van der Waals surface area (Å²) in [6.45, 7) is 13.2. The third kappa shape index (κ3) is 5.87. The van der Waals surface area contributed by atoms with E-state index in [0.29, 0.717) is 0 Å². The van der Waals surface area contributed by atoms with E-state index in [0.717, 1.165) is 98.4 Å². The highest BCUT2D eigenvalue weighted by molar-refractivity contribution is 5.93. The van der Waals surface area contributed by atoms with Gasteiger partial charge in [0.05, 0.1) is 13.2 Å². The van der Waals surface area contributed by atoms with Gasteiger partial charge in [-0.25, -0.2) is 4.98 Å². The smallest absolute Gasteiger partial charge is 0.209 e. The van der Waals surface area contributed by atoms with Crippen LogP contribution in [0.1, 0.15) is 17.0 Å². The van der Waals surface area contributed by atoms with Crippen molar-refractivity contribution in [3.05, 3.63) is 65.6 Å². The average Bonchev–Trinajstić information content (AvgIpc) is 3.29. The molecule has 0 radical (unpaired) electrons. The Bertz CT molecular complexity index is 1350. The number of hydrogen-bond donors (Lipinski definition) is 2. The third-order valence-corrected chi connectivity index (χ3v) is 7.14. The highest BCUT2D eigenvalue weighted by Crippen LogP contribution is 2.33. The Hall–Kier alpha value is -3.75. The number of ether oxygens (including phenoxy) is 1. The number of piperazine rings is 1. The molecule has 2 aliphatic rings. The summed E-state index contributed by atoms with van der Waals surface area (Å²) in [4.78, 5) is 27.8. The van der Waals surface area contributed by atoms with E-state index in [-0.39, 0.29) is 0 Å². The van der Waals surface area contributed by atoms with Crippen molar-refractivity contribution < 1.29 is 9.53 Å². The maximum Gasteiger partial charge on any atom is 0.209 e. The fourth-order valence-corrected chi connectivity index (χ4v) is 5.10. The fraction of sp³-hybridized carbons (Fsp3) is 0.367. The van der Waals surface area contributed by atoms with Crippen LogP contribution in [0.4, 0.5) is 5.82 Å². The second-order valence-corrected chi connectivity index (χ2v) is 9.92. The molecule has 198 valence electrons. The predicted molar refractivity (Wildman–Crippen MR) is 153 cm³/mol. The SMILES string of the molecule is C1COCCN1.Cc1cc(-c2[nH]c3cc(-c4ccc(N5CCN(C=O)CC5)nc4)ccc3c2C)cc(C)n1. The van der Waals surface area contributed by atoms with Gasteiger partial charge in [0.15, 0.2) is 0 Å². The van der Waals surface area contributed by atoms with E-state index in [1.807, 2.05) is 20.0 Å². The maximum absolute atomic E-state index is 10.9. The van der Waals surface area contributed by atoms with E-state index in [2.05, 4.69) is 69.6 Å². The second kappa shape index (κ2) is 11.8. The molecule has 8 heteroatoms. The molecule has 2 N–H and O–H groups in total. The average molecular weight is 513 g/mol. The first-order valence-electron chi connectivity index (χ1n) is 13.3. The molecule has 0 aliphatic carbocycles. The van der Waals surface area contributed by atoms with Gasteiger partial charge in [-0.1, -0.05) is 12.1 Å². The molecular formula is C30H36N6O2. The van der Waals surface area contributed by atoms with Crippen LogP contribution in [-0.2, 0) is 9.53 Å². The number of anilines is 1. The summed E-state index contributed by atoms with van der Waals surface area (Å²) < 4.78 is 5.01. The molecule has 4 aromatic rings. The van der Waals surface area contributed by atoms with Crippen molar-refractivity contribution in [3.8, 4) is 22.4 Å². The Balaban J connectivity index is 0.000000433. The van der Waals surface area contributed by atoms with E-state index in [1.54, 1.807) is 4.90 Å². The molecule has 0 spiro atoms. The van der Waals surface area contributed by atoms with Crippen molar-refractivity contribution in [1.82, 2.24) is 25.2 Å². The number of aromatic amines is 1. The highest BCUT2D eigenvalue weighted by atomic mass is 16.5. The normalized spacial score (nSPS) is 15.8. The highest BCUT2D eigenvalue weighted by Gasteiger charge is 2.17. The first-order chi connectivity index (χ1) is 18.5. The second-order valence-electron chi connectivity index (χ2n) is 9.92. The number of carbonyl (C=O) groups excluding carboxylic acids is 1. The molecule has 0 saturated carbocycles. The van der Waals surface area contributed by atoms with E-state index in [4.69, 9.17) is 9.72 Å². The van der Waals surface area contributed by atoms with Gasteiger partial charge >= 0.3 is 0 Å². The lowest BCUT2D eigenvalue weighted by Crippen LogP contribution is -2.45. The monoisotopic (exact) mass is 512 g/mol. The number of pyridine rings is 2. The molecule has 2 fully saturated rings. The zero-order chi connectivity index (χ0) is 26.5. The van der Waals surface area contributed by atoms with Crippen LogP contribution in [0.3, 0.4) is 0 Å². The van der Waals surface area contributed by atoms with Gasteiger partial charge in [0.25, 0.3) is 0 Å². The molecule has 2 saturated heterocycles. The number of amides is 1. The molecule has 38 heavy (non-hydrogen) atoms. The Morgan fingerprint density at radius 1 is 0.868 bits per heavy atom. The lowest BCUT2D eigenvalue weighted by Gasteiger charge is -2.33. The molecular weight excluding hydrogens is 476 g/mol. The van der Waals surface area contributed by atoms with Crippen LogP contribution >= 0.6 is 0 Å². The first kappa shape index (κ1) is 25.9. The van der Waals surface area contributed by atoms with Crippen molar-refractivity contribution in [2.24, 2.45) is 0 Å². The van der Waals surface area contributed by atoms with Crippen LogP contribution < -0.4 is 10.2 Å². The van der Waals surface area contributed by atoms with Gasteiger partial charge in [-0.15, -0.1) is 0 Å². The van der Waals surface area contributed by atoms with E-state index in [9.17, 15) is 4.79 Å². The van der Waals surface area contributed by atoms with Crippen LogP contribution in [-0.4, -0.2) is 78.7 Å². The number of hydrogen-bond acceptors (Lipinski definition) is 6. The molecule has 5 heterocycles. The number of H-pyrrole nitrogens is 1. The van der Waals surface area contributed by atoms with Crippen LogP contribution in [0.15, 0.2) is 48.7 Å². The number of carbonyl (C=O) groups is 1. The number of fused-ring (bicyclic) bond motifs is 1. The Labute approximate surface area is 224 Å². The Morgan fingerprint density at radius 3 is 2.16 bits per heavy atom. The Morgan fingerprint density at radius 2 is 1.58 bits per heavy atom. The predicted octanol–water partition coefficient (Wildman–Crippen LogP) is 4.10. The molecule has 3 aromatic heterocycles. The minimum atomic E-state index is 0.745. The van der Waals surface area contributed by atoms with Gasteiger partial charge in [-0.3, -0.25) is 9.78 Å². The topological polar surface area (TPSA) is 86.4 Å². The third-order valence-electron chi connectivity index (χ3n) is 7.14. The number of benzene rings is 1. The molecule has 0 atom stereocenters. The van der Waals surface area contributed by atoms with Crippen LogP contribution in [0.2, 0.25) is 0 Å². The summed E-state index contributed by atoms with van der Waals surface area (Å²) in [5.74, 6) is 0.960. The lowest BCUT2D eigenvalue weighted by molar-refractivity contribution is -0.118. The summed E-state index contributed by atoms with van der Waals surface area (Å²) in [6, 6.07) is 15.0. The quantitative estimate of drug-likeness (QED) is 0.401. The number of nitrogens with zero attached hydrogens (tertiary/aromatic N) is 4. The standard InChI is InChI=1S/C26H27N5O.C4H9NO/c1-17-12-22(13-18(2)28-17)26-19(3)23-6-4-20(14-24(23)29-26)21-5-7-25(27-15-21)31-10-8-30(16-32)9-11-31;1-3-6-4-2-5-1/h4-7,12-16,29H,8-11H2,1-3H3;5H,1-4H2. The van der Waals surface area contributed by atoms with Gasteiger partial charge in [-0.2, -0.15) is 0 Å². The number of morpholine rings is 1. The minimum Gasteiger partial charge on any atom is -0.379 e. The first-order valence-corrected chi connectivity index (χ1v) is 13.3. The van der Waals surface area contributed by atoms with Crippen molar-refractivity contribution in [1.29, 1.82) is 0 Å². The molecule has 6 rings (SSSR count). The fourth-order valence-electron chi connectivity index (χ4n) is 5.10. The molecule has 8 nitrogen and oxygen atoms in total. The lowest BCUT2D eigenvalue weighted by atomic mass is 10.0. The van der Waals surface area contributed by atoms with E-state index in [1.165, 1.54) is 16.5 Å². The minimum absolute atomic E-state index is 0.745. The number of rotatable bonds is 4. The number of aromatic nitrogens is 3. The molecule has 2 aliphatic heterocycles. The summed E-state index contributed by atoms with van der Waals surface area (Å²) >= 11 is 0. The zero-order valence-electron chi connectivity index (χ0n) is 22.5. The van der Waals surface area contributed by atoms with Gasteiger partial charge < -0.3 is 24.8 Å². The molecule has 0 unspecified atom stereocenters. The summed E-state index contributed by atoms with van der Waals surface area (Å²) in [6.07, 6.45) is 2.86. The van der Waals surface area contributed by atoms with Crippen molar-refractivity contribution >= 4 is 23.1 Å². The van der Waals surface area contributed by atoms with Crippen LogP contribution in [0, 0.1) is 20.8 Å². The molecule has 1 aromatic carbocycles. The number of nitrogens with one attached hydrogen (secondary N) is 2. The van der Waals surface area contributed by atoms with Crippen LogP contribution in [0.5, 0.6) is 0 Å². The van der Waals surface area contributed by atoms with Crippen molar-refractivity contribution in [3.63, 3.8) is 0 Å². The summed E-state index contributed by atoms with van der Waals surface area (Å²) in [5, 5.41) is 4.39.